The fourth-order valence-electron chi connectivity index (χ4n) is 2.55. The number of imidazole rings is 1. The van der Waals surface area contributed by atoms with Crippen molar-refractivity contribution in [3.63, 3.8) is 0 Å². The molecular formula is C21H23N3O3S. The first-order valence-corrected chi connectivity index (χ1v) is 9.88. The van der Waals surface area contributed by atoms with Crippen LogP contribution in [0.4, 0.5) is 0 Å². The normalized spacial score (nSPS) is 10.5. The van der Waals surface area contributed by atoms with E-state index in [0.717, 1.165) is 28.0 Å². The standard InChI is InChI=1S/C21H23N3O3S/c1-24-12-10-23-21(24)28-15-16-4-3-5-17(14-16)20(25)22-11-13-27-19-8-6-18(26-2)7-9-19/h3-10,12,14H,11,13,15H2,1-2H3,(H,22,25). The molecule has 0 fully saturated rings. The van der Waals surface area contributed by atoms with Gasteiger partial charge in [0.2, 0.25) is 0 Å². The van der Waals surface area contributed by atoms with Crippen molar-refractivity contribution in [1.29, 1.82) is 0 Å². The maximum Gasteiger partial charge on any atom is 0.251 e. The number of ether oxygens (including phenoxy) is 2. The van der Waals surface area contributed by atoms with Crippen LogP contribution < -0.4 is 14.8 Å². The van der Waals surface area contributed by atoms with E-state index in [4.69, 9.17) is 9.47 Å². The van der Waals surface area contributed by atoms with E-state index in [1.54, 1.807) is 25.1 Å². The summed E-state index contributed by atoms with van der Waals surface area (Å²) in [6.45, 7) is 0.823. The number of carbonyl (C=O) groups excluding carboxylic acids is 1. The minimum Gasteiger partial charge on any atom is -0.497 e. The summed E-state index contributed by atoms with van der Waals surface area (Å²) in [5.41, 5.74) is 1.72. The quantitative estimate of drug-likeness (QED) is 0.442. The van der Waals surface area contributed by atoms with E-state index < -0.39 is 0 Å². The van der Waals surface area contributed by atoms with Crippen LogP contribution in [0.15, 0.2) is 66.1 Å². The number of amides is 1. The van der Waals surface area contributed by atoms with Crippen LogP contribution >= 0.6 is 11.8 Å². The number of benzene rings is 2. The maximum absolute atomic E-state index is 12.4. The topological polar surface area (TPSA) is 65.4 Å². The largest absolute Gasteiger partial charge is 0.497 e. The third-order valence-electron chi connectivity index (χ3n) is 4.05. The van der Waals surface area contributed by atoms with Gasteiger partial charge in [0.1, 0.15) is 18.1 Å². The minimum atomic E-state index is -0.109. The van der Waals surface area contributed by atoms with Gasteiger partial charge in [-0.1, -0.05) is 23.9 Å². The maximum atomic E-state index is 12.4. The van der Waals surface area contributed by atoms with Gasteiger partial charge in [0, 0.05) is 30.8 Å². The van der Waals surface area contributed by atoms with Crippen LogP contribution in [-0.4, -0.2) is 35.7 Å². The highest BCUT2D eigenvalue weighted by Crippen LogP contribution is 2.21. The molecule has 1 aromatic heterocycles. The predicted molar refractivity (Wildman–Crippen MR) is 110 cm³/mol. The molecule has 2 aromatic carbocycles. The van der Waals surface area contributed by atoms with E-state index in [0.29, 0.717) is 18.7 Å². The molecule has 0 spiro atoms. The number of nitrogens with one attached hydrogen (secondary N) is 1. The fraction of sp³-hybridized carbons (Fsp3) is 0.238. The van der Waals surface area contributed by atoms with Crippen LogP contribution in [0.3, 0.4) is 0 Å². The van der Waals surface area contributed by atoms with E-state index in [9.17, 15) is 4.79 Å². The smallest absolute Gasteiger partial charge is 0.251 e. The first kappa shape index (κ1) is 19.8. The molecule has 1 N–H and O–H groups in total. The molecule has 3 aromatic rings. The van der Waals surface area contributed by atoms with Crippen molar-refractivity contribution in [1.82, 2.24) is 14.9 Å². The van der Waals surface area contributed by atoms with Gasteiger partial charge < -0.3 is 19.4 Å². The van der Waals surface area contributed by atoms with E-state index in [2.05, 4.69) is 10.3 Å². The summed E-state index contributed by atoms with van der Waals surface area (Å²) in [5.74, 6) is 2.17. The number of methoxy groups -OCH3 is 1. The van der Waals surface area contributed by atoms with Gasteiger partial charge in [-0.2, -0.15) is 0 Å². The number of aromatic nitrogens is 2. The zero-order valence-corrected chi connectivity index (χ0v) is 16.7. The fourth-order valence-corrected chi connectivity index (χ4v) is 3.42. The Balaban J connectivity index is 1.45. The summed E-state index contributed by atoms with van der Waals surface area (Å²) in [6, 6.07) is 15.0. The third-order valence-corrected chi connectivity index (χ3v) is 5.18. The van der Waals surface area contributed by atoms with Crippen molar-refractivity contribution < 1.29 is 14.3 Å². The van der Waals surface area contributed by atoms with Crippen LogP contribution in [0, 0.1) is 0 Å². The average Bonchev–Trinajstić information content (AvgIpc) is 3.15. The zero-order chi connectivity index (χ0) is 19.8. The van der Waals surface area contributed by atoms with Crippen molar-refractivity contribution in [3.05, 3.63) is 72.1 Å². The van der Waals surface area contributed by atoms with Crippen LogP contribution in [0.5, 0.6) is 11.5 Å². The molecule has 3 rings (SSSR count). The highest BCUT2D eigenvalue weighted by atomic mass is 32.2. The van der Waals surface area contributed by atoms with Crippen molar-refractivity contribution >= 4 is 17.7 Å². The lowest BCUT2D eigenvalue weighted by molar-refractivity contribution is 0.0947. The lowest BCUT2D eigenvalue weighted by Crippen LogP contribution is -2.28. The Labute approximate surface area is 168 Å². The molecule has 0 radical (unpaired) electrons. The van der Waals surface area contributed by atoms with Crippen molar-refractivity contribution in [2.24, 2.45) is 7.05 Å². The number of carbonyl (C=O) groups is 1. The van der Waals surface area contributed by atoms with Crippen molar-refractivity contribution in [2.45, 2.75) is 10.9 Å². The summed E-state index contributed by atoms with van der Waals surface area (Å²) >= 11 is 1.64. The Hall–Kier alpha value is -2.93. The summed E-state index contributed by atoms with van der Waals surface area (Å²) in [5, 5.41) is 3.84. The number of aryl methyl sites for hydroxylation is 1. The first-order chi connectivity index (χ1) is 13.7. The lowest BCUT2D eigenvalue weighted by Gasteiger charge is -2.09. The molecule has 1 amide bonds. The summed E-state index contributed by atoms with van der Waals surface area (Å²) < 4.78 is 12.7. The molecule has 0 saturated heterocycles. The molecule has 0 aliphatic rings. The average molecular weight is 398 g/mol. The molecule has 0 aliphatic carbocycles. The SMILES string of the molecule is COc1ccc(OCCNC(=O)c2cccc(CSc3nccn3C)c2)cc1. The van der Waals surface area contributed by atoms with E-state index in [1.807, 2.05) is 66.3 Å². The second-order valence-electron chi connectivity index (χ2n) is 6.09. The molecule has 28 heavy (non-hydrogen) atoms. The summed E-state index contributed by atoms with van der Waals surface area (Å²) in [4.78, 5) is 16.7. The number of hydrogen-bond acceptors (Lipinski definition) is 5. The minimum absolute atomic E-state index is 0.109. The Morgan fingerprint density at radius 3 is 2.68 bits per heavy atom. The monoisotopic (exact) mass is 397 g/mol. The van der Waals surface area contributed by atoms with Crippen molar-refractivity contribution in [2.75, 3.05) is 20.3 Å². The van der Waals surface area contributed by atoms with Gasteiger partial charge in [-0.15, -0.1) is 0 Å². The van der Waals surface area contributed by atoms with Crippen LogP contribution in [0.2, 0.25) is 0 Å². The molecule has 146 valence electrons. The Kier molecular flexibility index (Phi) is 6.97. The van der Waals surface area contributed by atoms with Crippen LogP contribution in [0.25, 0.3) is 0 Å². The Bertz CT molecular complexity index is 909. The molecule has 0 saturated carbocycles. The molecule has 0 atom stereocenters. The van der Waals surface area contributed by atoms with Crippen molar-refractivity contribution in [3.8, 4) is 11.5 Å². The second kappa shape index (κ2) is 9.85. The molecule has 0 aliphatic heterocycles. The van der Waals surface area contributed by atoms with E-state index >= 15 is 0 Å². The Morgan fingerprint density at radius 1 is 1.18 bits per heavy atom. The third kappa shape index (κ3) is 5.53. The molecule has 7 heteroatoms. The van der Waals surface area contributed by atoms with Gasteiger partial charge in [0.15, 0.2) is 5.16 Å². The number of nitrogens with zero attached hydrogens (tertiary/aromatic N) is 2. The number of rotatable bonds is 9. The van der Waals surface area contributed by atoms with Gasteiger partial charge in [-0.05, 0) is 42.0 Å². The molecule has 0 unspecified atom stereocenters. The zero-order valence-electron chi connectivity index (χ0n) is 15.9. The number of hydrogen-bond donors (Lipinski definition) is 1. The van der Waals surface area contributed by atoms with Gasteiger partial charge in [0.05, 0.1) is 13.7 Å². The summed E-state index contributed by atoms with van der Waals surface area (Å²) in [6.07, 6.45) is 3.69. The molecular weight excluding hydrogens is 374 g/mol. The molecule has 1 heterocycles. The highest BCUT2D eigenvalue weighted by molar-refractivity contribution is 7.98. The lowest BCUT2D eigenvalue weighted by atomic mass is 10.1. The molecule has 0 bridgehead atoms. The first-order valence-electron chi connectivity index (χ1n) is 8.90. The van der Waals surface area contributed by atoms with Crippen LogP contribution in [-0.2, 0) is 12.8 Å². The highest BCUT2D eigenvalue weighted by Gasteiger charge is 2.07. The molecule has 6 nitrogen and oxygen atoms in total. The predicted octanol–water partition coefficient (Wildman–Crippen LogP) is 3.53. The Morgan fingerprint density at radius 2 is 1.96 bits per heavy atom. The van der Waals surface area contributed by atoms with E-state index in [1.165, 1.54) is 0 Å². The van der Waals surface area contributed by atoms with Gasteiger partial charge in [0.25, 0.3) is 5.91 Å². The second-order valence-corrected chi connectivity index (χ2v) is 7.03. The van der Waals surface area contributed by atoms with Gasteiger partial charge >= 0.3 is 0 Å². The van der Waals surface area contributed by atoms with Gasteiger partial charge in [-0.25, -0.2) is 4.98 Å². The van der Waals surface area contributed by atoms with Crippen LogP contribution in [0.1, 0.15) is 15.9 Å². The summed E-state index contributed by atoms with van der Waals surface area (Å²) in [7, 11) is 3.59. The number of thioether (sulfide) groups is 1. The van der Waals surface area contributed by atoms with Gasteiger partial charge in [-0.3, -0.25) is 4.79 Å². The van der Waals surface area contributed by atoms with E-state index in [-0.39, 0.29) is 5.91 Å².